The zero-order valence-corrected chi connectivity index (χ0v) is 9.68. The Morgan fingerprint density at radius 1 is 0.846 bits per heavy atom. The third kappa shape index (κ3) is 7.69. The van der Waals surface area contributed by atoms with Crippen LogP contribution in [-0.2, 0) is 9.59 Å². The van der Waals surface area contributed by atoms with Crippen molar-refractivity contribution in [2.75, 3.05) is 0 Å². The molecule has 0 aromatic heterocycles. The van der Waals surface area contributed by atoms with E-state index in [1.54, 1.807) is 0 Å². The lowest BCUT2D eigenvalue weighted by Crippen LogP contribution is -2.16. The van der Waals surface area contributed by atoms with E-state index in [-0.39, 0.29) is 29.8 Å². The van der Waals surface area contributed by atoms with E-state index in [4.69, 9.17) is 0 Å². The van der Waals surface area contributed by atoms with Crippen LogP contribution in [0, 0.1) is 11.8 Å². The van der Waals surface area contributed by atoms with Gasteiger partial charge < -0.3 is 0 Å². The van der Waals surface area contributed by atoms with Gasteiger partial charge in [0.05, 0.1) is 6.42 Å². The van der Waals surface area contributed by atoms with Gasteiger partial charge in [0.1, 0.15) is 11.6 Å². The first-order chi connectivity index (χ1) is 5.95. The highest BCUT2D eigenvalue weighted by atomic mass is 16.1. The number of rotatable bonds is 4. The standard InChI is InChI=1S/C9H16O2.C2H6/c1-6(2)8(10)5-9(11)7(3)4;1-2/h6-7H,5H2,1-4H3;1-2H3. The fourth-order valence-corrected chi connectivity index (χ4v) is 0.580. The van der Waals surface area contributed by atoms with Gasteiger partial charge in [-0.15, -0.1) is 0 Å². The first kappa shape index (κ1) is 14.8. The molecule has 0 spiro atoms. The zero-order chi connectivity index (χ0) is 11.0. The molecule has 0 aliphatic heterocycles. The van der Waals surface area contributed by atoms with Crippen LogP contribution < -0.4 is 0 Å². The summed E-state index contributed by atoms with van der Waals surface area (Å²) in [6.07, 6.45) is 0.106. The Labute approximate surface area is 81.7 Å². The minimum absolute atomic E-state index is 0.0160. The van der Waals surface area contributed by atoms with E-state index in [1.807, 2.05) is 41.5 Å². The Kier molecular flexibility index (Phi) is 9.09. The lowest BCUT2D eigenvalue weighted by Gasteiger charge is -2.04. The van der Waals surface area contributed by atoms with Crippen molar-refractivity contribution in [3.63, 3.8) is 0 Å². The maximum atomic E-state index is 11.0. The number of hydrogen-bond donors (Lipinski definition) is 0. The summed E-state index contributed by atoms with van der Waals surface area (Å²) in [5.74, 6) is 0.0581. The number of carbonyl (C=O) groups is 2. The van der Waals surface area contributed by atoms with Crippen LogP contribution in [0.3, 0.4) is 0 Å². The number of carbonyl (C=O) groups excluding carboxylic acids is 2. The summed E-state index contributed by atoms with van der Waals surface area (Å²) in [6, 6.07) is 0. The largest absolute Gasteiger partial charge is 0.299 e. The van der Waals surface area contributed by atoms with Crippen LogP contribution in [0.5, 0.6) is 0 Å². The minimum Gasteiger partial charge on any atom is -0.299 e. The van der Waals surface area contributed by atoms with Crippen LogP contribution in [0.1, 0.15) is 48.0 Å². The minimum atomic E-state index is -0.0160. The molecule has 78 valence electrons. The van der Waals surface area contributed by atoms with Crippen molar-refractivity contribution in [3.8, 4) is 0 Å². The van der Waals surface area contributed by atoms with Crippen LogP contribution in [0.15, 0.2) is 0 Å². The predicted molar refractivity (Wildman–Crippen MR) is 55.7 cm³/mol. The average Bonchev–Trinajstić information content (AvgIpc) is 2.07. The van der Waals surface area contributed by atoms with Gasteiger partial charge in [-0.05, 0) is 0 Å². The van der Waals surface area contributed by atoms with E-state index < -0.39 is 0 Å². The summed E-state index contributed by atoms with van der Waals surface area (Å²) < 4.78 is 0. The van der Waals surface area contributed by atoms with Crippen molar-refractivity contribution >= 4 is 11.6 Å². The van der Waals surface area contributed by atoms with E-state index in [9.17, 15) is 9.59 Å². The zero-order valence-electron chi connectivity index (χ0n) is 9.68. The number of hydrogen-bond acceptors (Lipinski definition) is 2. The normalized spacial score (nSPS) is 9.54. The van der Waals surface area contributed by atoms with Gasteiger partial charge >= 0.3 is 0 Å². The van der Waals surface area contributed by atoms with Gasteiger partial charge in [0, 0.05) is 11.8 Å². The molecular weight excluding hydrogens is 164 g/mol. The van der Waals surface area contributed by atoms with Gasteiger partial charge in [0.2, 0.25) is 0 Å². The van der Waals surface area contributed by atoms with Crippen LogP contribution in [-0.4, -0.2) is 11.6 Å². The third-order valence-corrected chi connectivity index (χ3v) is 1.64. The van der Waals surface area contributed by atoms with Crippen LogP contribution in [0.25, 0.3) is 0 Å². The first-order valence-electron chi connectivity index (χ1n) is 5.00. The summed E-state index contributed by atoms with van der Waals surface area (Å²) in [5, 5.41) is 0. The molecule has 0 amide bonds. The number of ketones is 2. The fraction of sp³-hybridized carbons (Fsp3) is 0.818. The van der Waals surface area contributed by atoms with Crippen molar-refractivity contribution in [1.29, 1.82) is 0 Å². The smallest absolute Gasteiger partial charge is 0.142 e. The van der Waals surface area contributed by atoms with Gasteiger partial charge in [-0.1, -0.05) is 41.5 Å². The molecule has 0 aromatic rings. The van der Waals surface area contributed by atoms with Gasteiger partial charge in [-0.3, -0.25) is 9.59 Å². The summed E-state index contributed by atoms with van der Waals surface area (Å²) >= 11 is 0. The second-order valence-corrected chi connectivity index (χ2v) is 3.42. The second kappa shape index (κ2) is 7.96. The summed E-state index contributed by atoms with van der Waals surface area (Å²) in [4.78, 5) is 22.1. The van der Waals surface area contributed by atoms with Gasteiger partial charge in [0.15, 0.2) is 0 Å². The maximum Gasteiger partial charge on any atom is 0.142 e. The molecular formula is C11H22O2. The van der Waals surface area contributed by atoms with E-state index >= 15 is 0 Å². The molecule has 0 aromatic carbocycles. The average molecular weight is 186 g/mol. The first-order valence-corrected chi connectivity index (χ1v) is 5.00. The molecule has 0 aliphatic rings. The quantitative estimate of drug-likeness (QED) is 0.633. The highest BCUT2D eigenvalue weighted by Gasteiger charge is 2.14. The van der Waals surface area contributed by atoms with Crippen molar-refractivity contribution in [2.24, 2.45) is 11.8 Å². The second-order valence-electron chi connectivity index (χ2n) is 3.42. The Morgan fingerprint density at radius 3 is 1.23 bits per heavy atom. The topological polar surface area (TPSA) is 34.1 Å². The highest BCUT2D eigenvalue weighted by molar-refractivity contribution is 6.00. The molecule has 0 aliphatic carbocycles. The molecule has 0 atom stereocenters. The van der Waals surface area contributed by atoms with Crippen molar-refractivity contribution in [1.82, 2.24) is 0 Å². The summed E-state index contributed by atoms with van der Waals surface area (Å²) in [6.45, 7) is 11.3. The summed E-state index contributed by atoms with van der Waals surface area (Å²) in [7, 11) is 0. The molecule has 0 fully saturated rings. The van der Waals surface area contributed by atoms with Gasteiger partial charge in [-0.2, -0.15) is 0 Å². The Balaban J connectivity index is 0. The molecule has 2 heteroatoms. The molecule has 0 saturated carbocycles. The van der Waals surface area contributed by atoms with Crippen LogP contribution in [0.4, 0.5) is 0 Å². The molecule has 0 unspecified atom stereocenters. The van der Waals surface area contributed by atoms with Crippen molar-refractivity contribution in [3.05, 3.63) is 0 Å². The van der Waals surface area contributed by atoms with Gasteiger partial charge in [0.25, 0.3) is 0 Å². The SMILES string of the molecule is CC.CC(C)C(=O)CC(=O)C(C)C. The Morgan fingerprint density at radius 2 is 1.08 bits per heavy atom. The molecule has 0 radical (unpaired) electrons. The molecule has 0 rings (SSSR count). The summed E-state index contributed by atoms with van der Waals surface area (Å²) in [5.41, 5.74) is 0. The molecule has 2 nitrogen and oxygen atoms in total. The van der Waals surface area contributed by atoms with Crippen molar-refractivity contribution < 1.29 is 9.59 Å². The van der Waals surface area contributed by atoms with E-state index in [0.29, 0.717) is 0 Å². The molecule has 0 N–H and O–H groups in total. The fourth-order valence-electron chi connectivity index (χ4n) is 0.580. The van der Waals surface area contributed by atoms with E-state index in [0.717, 1.165) is 0 Å². The Bertz CT molecular complexity index is 139. The van der Waals surface area contributed by atoms with Gasteiger partial charge in [-0.25, -0.2) is 0 Å². The highest BCUT2D eigenvalue weighted by Crippen LogP contribution is 2.04. The Hall–Kier alpha value is -0.660. The van der Waals surface area contributed by atoms with E-state index in [2.05, 4.69) is 0 Å². The molecule has 0 bridgehead atoms. The molecule has 0 heterocycles. The lowest BCUT2D eigenvalue weighted by atomic mass is 9.98. The van der Waals surface area contributed by atoms with E-state index in [1.165, 1.54) is 0 Å². The third-order valence-electron chi connectivity index (χ3n) is 1.64. The number of Topliss-reactive ketones (excluding diaryl/α,β-unsaturated/α-hetero) is 2. The monoisotopic (exact) mass is 186 g/mol. The van der Waals surface area contributed by atoms with Crippen LogP contribution in [0.2, 0.25) is 0 Å². The van der Waals surface area contributed by atoms with Crippen molar-refractivity contribution in [2.45, 2.75) is 48.0 Å². The van der Waals surface area contributed by atoms with Crippen LogP contribution >= 0.6 is 0 Å². The molecule has 0 saturated heterocycles. The predicted octanol–water partition coefficient (Wildman–Crippen LogP) is 2.85. The molecule has 13 heavy (non-hydrogen) atoms. The lowest BCUT2D eigenvalue weighted by molar-refractivity contribution is -0.130. The maximum absolute atomic E-state index is 11.0.